The van der Waals surface area contributed by atoms with Gasteiger partial charge in [-0.2, -0.15) is 0 Å². The molecule has 4 N–H and O–H groups in total. The van der Waals surface area contributed by atoms with Crippen molar-refractivity contribution in [2.75, 3.05) is 19.8 Å². The Balaban J connectivity index is 4.38. The van der Waals surface area contributed by atoms with Gasteiger partial charge >= 0.3 is 25.7 Å². The van der Waals surface area contributed by atoms with Crippen molar-refractivity contribution in [3.05, 3.63) is 60.8 Å². The van der Waals surface area contributed by atoms with Gasteiger partial charge < -0.3 is 25.2 Å². The Morgan fingerprint density at radius 3 is 1.38 bits per heavy atom. The number of allylic oxidation sites excluding steroid dienone is 10. The maximum atomic E-state index is 12.6. The number of carboxylic acid groups (broad SMARTS) is 1. The van der Waals surface area contributed by atoms with Crippen LogP contribution in [0.5, 0.6) is 0 Å². The molecule has 346 valence electrons. The minimum Gasteiger partial charge on any atom is -0.480 e. The second-order valence-corrected chi connectivity index (χ2v) is 17.0. The Labute approximate surface area is 364 Å². The van der Waals surface area contributed by atoms with Crippen molar-refractivity contribution in [2.45, 2.75) is 206 Å². The van der Waals surface area contributed by atoms with Crippen LogP contribution >= 0.6 is 7.82 Å². The summed E-state index contributed by atoms with van der Waals surface area (Å²) < 4.78 is 32.7. The van der Waals surface area contributed by atoms with E-state index in [1.54, 1.807) is 0 Å². The largest absolute Gasteiger partial charge is 0.480 e. The van der Waals surface area contributed by atoms with E-state index < -0.39 is 51.1 Å². The van der Waals surface area contributed by atoms with Gasteiger partial charge in [0.05, 0.1) is 13.2 Å². The lowest BCUT2D eigenvalue weighted by Crippen LogP contribution is -2.34. The van der Waals surface area contributed by atoms with E-state index in [2.05, 4.69) is 67.0 Å². The molecule has 1 unspecified atom stereocenters. The molecule has 0 aliphatic carbocycles. The number of carbonyl (C=O) groups excluding carboxylic acids is 2. The Bertz CT molecular complexity index is 1250. The van der Waals surface area contributed by atoms with Crippen LogP contribution in [0.25, 0.3) is 0 Å². The van der Waals surface area contributed by atoms with Crippen LogP contribution in [-0.2, 0) is 37.5 Å². The number of aliphatic carboxylic acids is 1. The number of ether oxygens (including phenoxy) is 2. The first-order valence-electron chi connectivity index (χ1n) is 23.3. The molecular weight excluding hydrogens is 781 g/mol. The zero-order valence-electron chi connectivity index (χ0n) is 37.5. The number of rotatable bonds is 43. The third-order valence-electron chi connectivity index (χ3n) is 9.78. The monoisotopic (exact) mass is 866 g/mol. The molecule has 0 aromatic heterocycles. The van der Waals surface area contributed by atoms with Gasteiger partial charge in [-0.1, -0.05) is 190 Å². The van der Waals surface area contributed by atoms with Crippen LogP contribution in [-0.4, -0.2) is 59.9 Å². The molecule has 0 aromatic rings. The second kappa shape index (κ2) is 42.9. The number of unbranched alkanes of at least 4 members (excludes halogenated alkanes) is 19. The van der Waals surface area contributed by atoms with Gasteiger partial charge in [-0.3, -0.25) is 23.4 Å². The highest BCUT2D eigenvalue weighted by Crippen LogP contribution is 2.43. The fourth-order valence-corrected chi connectivity index (χ4v) is 6.94. The molecular formula is C48H84NO10P. The Morgan fingerprint density at radius 1 is 0.533 bits per heavy atom. The van der Waals surface area contributed by atoms with Gasteiger partial charge in [0.1, 0.15) is 12.6 Å². The van der Waals surface area contributed by atoms with Crippen molar-refractivity contribution in [3.63, 3.8) is 0 Å². The predicted molar refractivity (Wildman–Crippen MR) is 245 cm³/mol. The Morgan fingerprint density at radius 2 is 0.933 bits per heavy atom. The van der Waals surface area contributed by atoms with E-state index >= 15 is 0 Å². The van der Waals surface area contributed by atoms with Crippen LogP contribution in [0.1, 0.15) is 194 Å². The number of esters is 2. The summed E-state index contributed by atoms with van der Waals surface area (Å²) in [6.07, 6.45) is 50.1. The molecule has 0 aliphatic heterocycles. The van der Waals surface area contributed by atoms with Crippen molar-refractivity contribution in [2.24, 2.45) is 5.73 Å². The minimum atomic E-state index is -4.73. The van der Waals surface area contributed by atoms with E-state index in [0.29, 0.717) is 19.3 Å². The zero-order valence-corrected chi connectivity index (χ0v) is 38.4. The number of hydrogen-bond acceptors (Lipinski definition) is 9. The summed E-state index contributed by atoms with van der Waals surface area (Å²) in [5.74, 6) is -2.45. The van der Waals surface area contributed by atoms with E-state index in [9.17, 15) is 23.8 Å². The Kier molecular flexibility index (Phi) is 40.8. The van der Waals surface area contributed by atoms with Crippen molar-refractivity contribution in [1.29, 1.82) is 0 Å². The van der Waals surface area contributed by atoms with Gasteiger partial charge in [-0.25, -0.2) is 4.57 Å². The van der Waals surface area contributed by atoms with Gasteiger partial charge in [0.25, 0.3) is 0 Å². The van der Waals surface area contributed by atoms with Crippen LogP contribution in [0.2, 0.25) is 0 Å². The average molecular weight is 866 g/mol. The van der Waals surface area contributed by atoms with Crippen LogP contribution < -0.4 is 5.73 Å². The van der Waals surface area contributed by atoms with Gasteiger partial charge in [0.15, 0.2) is 6.10 Å². The standard InChI is InChI=1S/C48H84NO10P/c1-3-5-7-9-11-13-15-17-19-21-22-24-25-27-29-31-33-35-37-39-46(50)56-41-44(42-57-60(54,55)58-43-45(49)48(52)53)59-47(51)40-38-36-34-32-30-28-26-23-20-18-16-14-12-10-8-6-4-2/h6,8,12,14,18,20,26,28,32,34,44-45H,3-5,7,9-11,13,15-17,19,21-25,27,29-31,33,35-43,49H2,1-2H3,(H,52,53)(H,54,55)/b8-6-,14-12-,20-18-,28-26-,34-32-/t44-,45+/m1/s1. The van der Waals surface area contributed by atoms with Gasteiger partial charge in [-0.15, -0.1) is 0 Å². The quantitative estimate of drug-likeness (QED) is 0.0230. The molecule has 0 aromatic carbocycles. The van der Waals surface area contributed by atoms with Gasteiger partial charge in [0, 0.05) is 12.8 Å². The van der Waals surface area contributed by atoms with E-state index in [1.165, 1.54) is 96.3 Å². The number of phosphoric acid groups is 1. The van der Waals surface area contributed by atoms with Crippen LogP contribution in [0.15, 0.2) is 60.8 Å². The van der Waals surface area contributed by atoms with Crippen molar-refractivity contribution >= 4 is 25.7 Å². The van der Waals surface area contributed by atoms with E-state index in [-0.39, 0.29) is 19.4 Å². The van der Waals surface area contributed by atoms with E-state index in [0.717, 1.165) is 51.4 Å². The summed E-state index contributed by atoms with van der Waals surface area (Å²) in [6.45, 7) is 2.65. The molecule has 0 fully saturated rings. The molecule has 0 amide bonds. The normalized spacial score (nSPS) is 14.2. The molecule has 0 aliphatic rings. The lowest BCUT2D eigenvalue weighted by molar-refractivity contribution is -0.161. The fraction of sp³-hybridized carbons (Fsp3) is 0.729. The van der Waals surface area contributed by atoms with Crippen molar-refractivity contribution < 1.29 is 47.5 Å². The van der Waals surface area contributed by atoms with Gasteiger partial charge in [0.2, 0.25) is 0 Å². The molecule has 11 nitrogen and oxygen atoms in total. The highest BCUT2D eigenvalue weighted by molar-refractivity contribution is 7.47. The molecule has 12 heteroatoms. The number of nitrogens with two attached hydrogens (primary N) is 1. The fourth-order valence-electron chi connectivity index (χ4n) is 6.16. The first-order chi connectivity index (χ1) is 29.1. The summed E-state index contributed by atoms with van der Waals surface area (Å²) in [5, 5.41) is 8.90. The molecule has 0 bridgehead atoms. The number of carboxylic acids is 1. The first-order valence-corrected chi connectivity index (χ1v) is 24.8. The molecule has 0 saturated carbocycles. The molecule has 0 radical (unpaired) electrons. The zero-order chi connectivity index (χ0) is 44.2. The third-order valence-corrected chi connectivity index (χ3v) is 10.7. The molecule has 3 atom stereocenters. The topological polar surface area (TPSA) is 172 Å². The van der Waals surface area contributed by atoms with Crippen LogP contribution in [0.4, 0.5) is 0 Å². The third kappa shape index (κ3) is 41.9. The SMILES string of the molecule is CC/C=C\C/C=C\C/C=C\C/C=C\C/C=C\CCCC(=O)O[C@H](COC(=O)CCCCCCCCCCCCCCCCCCCCC)COP(=O)(O)OC[C@H](N)C(=O)O. The smallest absolute Gasteiger partial charge is 0.472 e. The van der Waals surface area contributed by atoms with Gasteiger partial charge in [-0.05, 0) is 51.4 Å². The summed E-state index contributed by atoms with van der Waals surface area (Å²) in [4.78, 5) is 46.0. The first kappa shape index (κ1) is 57.2. The summed E-state index contributed by atoms with van der Waals surface area (Å²) in [7, 11) is -4.73. The maximum Gasteiger partial charge on any atom is 0.472 e. The molecule has 60 heavy (non-hydrogen) atoms. The number of hydrogen-bond donors (Lipinski definition) is 3. The Hall–Kier alpha value is -2.82. The van der Waals surface area contributed by atoms with Crippen LogP contribution in [0, 0.1) is 0 Å². The number of carbonyl (C=O) groups is 3. The van der Waals surface area contributed by atoms with Crippen molar-refractivity contribution in [3.8, 4) is 0 Å². The highest BCUT2D eigenvalue weighted by Gasteiger charge is 2.28. The predicted octanol–water partition coefficient (Wildman–Crippen LogP) is 12.7. The van der Waals surface area contributed by atoms with Crippen molar-refractivity contribution in [1.82, 2.24) is 0 Å². The highest BCUT2D eigenvalue weighted by atomic mass is 31.2. The van der Waals surface area contributed by atoms with E-state index in [1.807, 2.05) is 12.2 Å². The summed E-state index contributed by atoms with van der Waals surface area (Å²) in [5.41, 5.74) is 5.34. The number of phosphoric ester groups is 1. The lowest BCUT2D eigenvalue weighted by atomic mass is 10.0. The lowest BCUT2D eigenvalue weighted by Gasteiger charge is -2.20. The molecule has 0 saturated heterocycles. The second-order valence-electron chi connectivity index (χ2n) is 15.5. The molecule has 0 spiro atoms. The van der Waals surface area contributed by atoms with E-state index in [4.69, 9.17) is 24.8 Å². The summed E-state index contributed by atoms with van der Waals surface area (Å²) >= 11 is 0. The summed E-state index contributed by atoms with van der Waals surface area (Å²) in [6, 6.07) is -1.53. The minimum absolute atomic E-state index is 0.0822. The molecule has 0 rings (SSSR count). The average Bonchev–Trinajstić information content (AvgIpc) is 3.22. The maximum absolute atomic E-state index is 12.6. The van der Waals surface area contributed by atoms with Crippen LogP contribution in [0.3, 0.4) is 0 Å². The molecule has 0 heterocycles.